The quantitative estimate of drug-likeness (QED) is 0.633. The average Bonchev–Trinajstić information content (AvgIpc) is 2.71. The van der Waals surface area contributed by atoms with Crippen molar-refractivity contribution >= 4 is 17.4 Å². The van der Waals surface area contributed by atoms with Gasteiger partial charge >= 0.3 is 0 Å². The number of carbonyl (C=O) groups is 1. The van der Waals surface area contributed by atoms with E-state index in [-0.39, 0.29) is 5.91 Å². The van der Waals surface area contributed by atoms with Gasteiger partial charge in [-0.05, 0) is 67.3 Å². The van der Waals surface area contributed by atoms with Gasteiger partial charge in [0.25, 0.3) is 5.91 Å². The van der Waals surface area contributed by atoms with Gasteiger partial charge in [-0.3, -0.25) is 4.79 Å². The Bertz CT molecular complexity index is 952. The third kappa shape index (κ3) is 5.10. The predicted octanol–water partition coefficient (Wildman–Crippen LogP) is 4.61. The maximum Gasteiger partial charge on any atom is 0.255 e. The Balaban J connectivity index is 1.59. The van der Waals surface area contributed by atoms with E-state index < -0.39 is 0 Å². The minimum Gasteiger partial charge on any atom is -0.497 e. The molecule has 5 nitrogen and oxygen atoms in total. The second-order valence-electron chi connectivity index (χ2n) is 6.73. The van der Waals surface area contributed by atoms with E-state index in [2.05, 4.69) is 15.6 Å². The number of hydrogen-bond donors (Lipinski definition) is 2. The zero-order valence-electron chi connectivity index (χ0n) is 16.5. The highest BCUT2D eigenvalue weighted by Gasteiger charge is 2.09. The Morgan fingerprint density at radius 1 is 1.04 bits per heavy atom. The van der Waals surface area contributed by atoms with E-state index in [1.165, 1.54) is 5.56 Å². The highest BCUT2D eigenvalue weighted by Crippen LogP contribution is 2.18. The van der Waals surface area contributed by atoms with E-state index >= 15 is 0 Å². The van der Waals surface area contributed by atoms with Crippen molar-refractivity contribution in [3.63, 3.8) is 0 Å². The summed E-state index contributed by atoms with van der Waals surface area (Å²) in [5, 5.41) is 6.26. The maximum atomic E-state index is 12.6. The number of methoxy groups -OCH3 is 1. The fourth-order valence-electron chi connectivity index (χ4n) is 2.86. The summed E-state index contributed by atoms with van der Waals surface area (Å²) in [4.78, 5) is 16.9. The molecule has 2 N–H and O–H groups in total. The first-order valence-electron chi connectivity index (χ1n) is 9.26. The predicted molar refractivity (Wildman–Crippen MR) is 113 cm³/mol. The molecule has 0 unspecified atom stereocenters. The number of nitrogens with zero attached hydrogens (tertiary/aromatic N) is 1. The van der Waals surface area contributed by atoms with Crippen LogP contribution in [0.5, 0.6) is 5.75 Å². The number of hydrogen-bond acceptors (Lipinski definition) is 4. The number of carbonyl (C=O) groups excluding carboxylic acids is 1. The molecule has 1 heterocycles. The molecule has 0 atom stereocenters. The Labute approximate surface area is 165 Å². The lowest BCUT2D eigenvalue weighted by Crippen LogP contribution is -2.14. The summed E-state index contributed by atoms with van der Waals surface area (Å²) >= 11 is 0. The Hall–Kier alpha value is -3.34. The second-order valence-corrected chi connectivity index (χ2v) is 6.73. The average molecular weight is 375 g/mol. The second kappa shape index (κ2) is 9.04. The van der Waals surface area contributed by atoms with Gasteiger partial charge in [0.15, 0.2) is 0 Å². The minimum absolute atomic E-state index is 0.144. The van der Waals surface area contributed by atoms with Gasteiger partial charge in [-0.2, -0.15) is 0 Å². The fraction of sp³-hybridized carbons (Fsp3) is 0.217. The number of rotatable bonds is 7. The molecule has 0 bridgehead atoms. The number of ether oxygens (including phenoxy) is 1. The van der Waals surface area contributed by atoms with Gasteiger partial charge in [-0.25, -0.2) is 4.98 Å². The van der Waals surface area contributed by atoms with Crippen molar-refractivity contribution in [1.29, 1.82) is 0 Å². The zero-order chi connectivity index (χ0) is 19.9. The van der Waals surface area contributed by atoms with Crippen molar-refractivity contribution in [3.8, 4) is 5.75 Å². The van der Waals surface area contributed by atoms with Gasteiger partial charge in [-0.1, -0.05) is 24.3 Å². The minimum atomic E-state index is -0.144. The molecule has 0 aliphatic rings. The van der Waals surface area contributed by atoms with Crippen molar-refractivity contribution in [2.75, 3.05) is 24.3 Å². The lowest BCUT2D eigenvalue weighted by Gasteiger charge is -2.11. The summed E-state index contributed by atoms with van der Waals surface area (Å²) in [5.41, 5.74) is 4.75. The first-order chi connectivity index (χ1) is 13.5. The Morgan fingerprint density at radius 2 is 1.82 bits per heavy atom. The van der Waals surface area contributed by atoms with Crippen LogP contribution in [0.1, 0.15) is 27.0 Å². The molecule has 0 saturated heterocycles. The van der Waals surface area contributed by atoms with Crippen molar-refractivity contribution < 1.29 is 9.53 Å². The standard InChI is InChI=1S/C23H25N3O2/c1-16-4-5-17(2)21(14-16)26-23(27)19-11-13-25-22(15-19)24-12-10-18-6-8-20(28-3)9-7-18/h4-9,11,13-15H,10,12H2,1-3H3,(H,24,25)(H,26,27). The van der Waals surface area contributed by atoms with Crippen LogP contribution >= 0.6 is 0 Å². The van der Waals surface area contributed by atoms with Crippen LogP contribution < -0.4 is 15.4 Å². The highest BCUT2D eigenvalue weighted by molar-refractivity contribution is 6.05. The first kappa shape index (κ1) is 19.4. The van der Waals surface area contributed by atoms with Crippen LogP contribution in [0, 0.1) is 13.8 Å². The molecule has 3 aromatic rings. The summed E-state index contributed by atoms with van der Waals surface area (Å²) in [7, 11) is 1.66. The van der Waals surface area contributed by atoms with Gasteiger partial charge in [0.2, 0.25) is 0 Å². The molecule has 0 spiro atoms. The molecule has 0 saturated carbocycles. The third-order valence-corrected chi connectivity index (χ3v) is 4.54. The summed E-state index contributed by atoms with van der Waals surface area (Å²) in [6.07, 6.45) is 2.50. The number of anilines is 2. The summed E-state index contributed by atoms with van der Waals surface area (Å²) < 4.78 is 5.17. The van der Waals surface area contributed by atoms with Crippen molar-refractivity contribution in [2.45, 2.75) is 20.3 Å². The van der Waals surface area contributed by atoms with Gasteiger partial charge in [-0.15, -0.1) is 0 Å². The van der Waals surface area contributed by atoms with Gasteiger partial charge in [0.1, 0.15) is 11.6 Å². The normalized spacial score (nSPS) is 10.4. The lowest BCUT2D eigenvalue weighted by atomic mass is 10.1. The zero-order valence-corrected chi connectivity index (χ0v) is 16.5. The van der Waals surface area contributed by atoms with Crippen LogP contribution in [-0.4, -0.2) is 24.5 Å². The van der Waals surface area contributed by atoms with E-state index in [0.29, 0.717) is 11.4 Å². The summed E-state index contributed by atoms with van der Waals surface area (Å²) in [5.74, 6) is 1.39. The van der Waals surface area contributed by atoms with Gasteiger partial charge in [0.05, 0.1) is 7.11 Å². The van der Waals surface area contributed by atoms with Crippen LogP contribution in [-0.2, 0) is 6.42 Å². The number of nitrogens with one attached hydrogen (secondary N) is 2. The van der Waals surface area contributed by atoms with E-state index in [9.17, 15) is 4.79 Å². The molecular formula is C23H25N3O2. The Morgan fingerprint density at radius 3 is 2.57 bits per heavy atom. The van der Waals surface area contributed by atoms with Crippen LogP contribution in [0.2, 0.25) is 0 Å². The maximum absolute atomic E-state index is 12.6. The van der Waals surface area contributed by atoms with Crippen LogP contribution in [0.25, 0.3) is 0 Å². The third-order valence-electron chi connectivity index (χ3n) is 4.54. The molecule has 3 rings (SSSR count). The molecule has 28 heavy (non-hydrogen) atoms. The fourth-order valence-corrected chi connectivity index (χ4v) is 2.86. The largest absolute Gasteiger partial charge is 0.497 e. The van der Waals surface area contributed by atoms with E-state index in [1.807, 2.05) is 56.3 Å². The van der Waals surface area contributed by atoms with E-state index in [0.717, 1.165) is 35.5 Å². The number of aromatic nitrogens is 1. The summed E-state index contributed by atoms with van der Waals surface area (Å²) in [6, 6.07) is 17.5. The van der Waals surface area contributed by atoms with E-state index in [1.54, 1.807) is 25.4 Å². The first-order valence-corrected chi connectivity index (χ1v) is 9.26. The van der Waals surface area contributed by atoms with Crippen molar-refractivity contribution in [1.82, 2.24) is 4.98 Å². The van der Waals surface area contributed by atoms with Crippen LogP contribution in [0.4, 0.5) is 11.5 Å². The van der Waals surface area contributed by atoms with Gasteiger partial charge < -0.3 is 15.4 Å². The molecule has 0 radical (unpaired) electrons. The molecule has 1 aromatic heterocycles. The molecular weight excluding hydrogens is 350 g/mol. The number of benzene rings is 2. The van der Waals surface area contributed by atoms with Gasteiger partial charge in [0, 0.05) is 24.0 Å². The van der Waals surface area contributed by atoms with Crippen molar-refractivity contribution in [3.05, 3.63) is 83.0 Å². The molecule has 0 aliphatic heterocycles. The van der Waals surface area contributed by atoms with Crippen molar-refractivity contribution in [2.24, 2.45) is 0 Å². The lowest BCUT2D eigenvalue weighted by molar-refractivity contribution is 0.102. The summed E-state index contributed by atoms with van der Waals surface area (Å²) in [6.45, 7) is 4.71. The topological polar surface area (TPSA) is 63.2 Å². The number of pyridine rings is 1. The Kier molecular flexibility index (Phi) is 6.27. The number of amides is 1. The smallest absolute Gasteiger partial charge is 0.255 e. The van der Waals surface area contributed by atoms with E-state index in [4.69, 9.17) is 4.74 Å². The molecule has 2 aromatic carbocycles. The number of aryl methyl sites for hydroxylation is 2. The molecule has 5 heteroatoms. The van der Waals surface area contributed by atoms with Crippen LogP contribution in [0.15, 0.2) is 60.8 Å². The molecule has 0 aliphatic carbocycles. The molecule has 0 fully saturated rings. The molecule has 1 amide bonds. The molecule has 144 valence electrons. The van der Waals surface area contributed by atoms with Crippen LogP contribution in [0.3, 0.4) is 0 Å². The highest BCUT2D eigenvalue weighted by atomic mass is 16.5. The SMILES string of the molecule is COc1ccc(CCNc2cc(C(=O)Nc3cc(C)ccc3C)ccn2)cc1. The monoisotopic (exact) mass is 375 g/mol.